The molecule has 21 heavy (non-hydrogen) atoms. The fourth-order valence-corrected chi connectivity index (χ4v) is 2.08. The molecule has 1 saturated carbocycles. The summed E-state index contributed by atoms with van der Waals surface area (Å²) in [7, 11) is 0. The number of hydrogen-bond donors (Lipinski definition) is 2. The summed E-state index contributed by atoms with van der Waals surface area (Å²) in [6.07, 6.45) is 1.42. The van der Waals surface area contributed by atoms with Crippen molar-refractivity contribution in [1.82, 2.24) is 4.90 Å². The number of carbonyl (C=O) groups excluding carboxylic acids is 1. The summed E-state index contributed by atoms with van der Waals surface area (Å²) in [5.41, 5.74) is -0.598. The molecule has 0 radical (unpaired) electrons. The molecule has 1 aliphatic carbocycles. The number of benzene rings is 1. The van der Waals surface area contributed by atoms with Gasteiger partial charge in [0.25, 0.3) is 5.91 Å². The number of nitrogens with zero attached hydrogens (tertiary/aromatic N) is 2. The van der Waals surface area contributed by atoms with E-state index in [-0.39, 0.29) is 11.6 Å². The Balaban J connectivity index is 2.35. The molecule has 0 spiro atoms. The van der Waals surface area contributed by atoms with Crippen molar-refractivity contribution < 1.29 is 24.7 Å². The molecule has 1 aromatic carbocycles. The number of carboxylic acid groups (broad SMARTS) is 1. The number of rotatable bonds is 5. The molecule has 1 aliphatic rings. The SMILES string of the molecule is CC(C(=O)O)N(C(=O)c1ccc(O)c([N+](=O)[O-])c1)C1CC1. The van der Waals surface area contributed by atoms with Crippen molar-refractivity contribution in [3.05, 3.63) is 33.9 Å². The zero-order valence-corrected chi connectivity index (χ0v) is 11.2. The van der Waals surface area contributed by atoms with Gasteiger partial charge < -0.3 is 15.1 Å². The summed E-state index contributed by atoms with van der Waals surface area (Å²) in [6, 6.07) is 2.09. The molecular formula is C13H14N2O6. The van der Waals surface area contributed by atoms with Gasteiger partial charge in [-0.25, -0.2) is 4.79 Å². The van der Waals surface area contributed by atoms with Crippen LogP contribution in [-0.4, -0.2) is 44.0 Å². The van der Waals surface area contributed by atoms with E-state index in [4.69, 9.17) is 5.11 Å². The number of nitro benzene ring substituents is 1. The third-order valence-electron chi connectivity index (χ3n) is 3.37. The van der Waals surface area contributed by atoms with Gasteiger partial charge in [-0.05, 0) is 31.9 Å². The molecule has 1 unspecified atom stereocenters. The first-order valence-electron chi connectivity index (χ1n) is 6.35. The predicted molar refractivity (Wildman–Crippen MR) is 71.1 cm³/mol. The minimum atomic E-state index is -1.14. The summed E-state index contributed by atoms with van der Waals surface area (Å²) < 4.78 is 0. The van der Waals surface area contributed by atoms with Gasteiger partial charge in [-0.3, -0.25) is 14.9 Å². The van der Waals surface area contributed by atoms with Gasteiger partial charge in [0.05, 0.1) is 4.92 Å². The Morgan fingerprint density at radius 3 is 2.52 bits per heavy atom. The highest BCUT2D eigenvalue weighted by atomic mass is 16.6. The van der Waals surface area contributed by atoms with Crippen LogP contribution in [0.4, 0.5) is 5.69 Å². The molecule has 0 saturated heterocycles. The standard InChI is InChI=1S/C13H14N2O6/c1-7(13(18)19)14(9-3-4-9)12(17)8-2-5-11(16)10(6-8)15(20)21/h2,5-7,9,16H,3-4H2,1H3,(H,18,19). The van der Waals surface area contributed by atoms with Crippen molar-refractivity contribution in [2.45, 2.75) is 31.8 Å². The van der Waals surface area contributed by atoms with Crippen LogP contribution in [0.25, 0.3) is 0 Å². The van der Waals surface area contributed by atoms with Crippen molar-refractivity contribution in [1.29, 1.82) is 0 Å². The van der Waals surface area contributed by atoms with E-state index >= 15 is 0 Å². The van der Waals surface area contributed by atoms with Crippen LogP contribution >= 0.6 is 0 Å². The van der Waals surface area contributed by atoms with E-state index in [0.717, 1.165) is 12.1 Å². The first-order chi connectivity index (χ1) is 9.82. The number of amides is 1. The lowest BCUT2D eigenvalue weighted by Gasteiger charge is -2.26. The first kappa shape index (κ1) is 14.8. The maximum Gasteiger partial charge on any atom is 0.326 e. The van der Waals surface area contributed by atoms with E-state index < -0.39 is 34.3 Å². The summed E-state index contributed by atoms with van der Waals surface area (Å²) >= 11 is 0. The van der Waals surface area contributed by atoms with Crippen molar-refractivity contribution in [3.63, 3.8) is 0 Å². The highest BCUT2D eigenvalue weighted by Crippen LogP contribution is 2.32. The topological polar surface area (TPSA) is 121 Å². The second-order valence-electron chi connectivity index (χ2n) is 4.92. The lowest BCUT2D eigenvalue weighted by atomic mass is 10.1. The van der Waals surface area contributed by atoms with Crippen LogP contribution in [0, 0.1) is 10.1 Å². The fraction of sp³-hybridized carbons (Fsp3) is 0.385. The van der Waals surface area contributed by atoms with Crippen LogP contribution in [0.2, 0.25) is 0 Å². The molecule has 1 aromatic rings. The maximum atomic E-state index is 12.4. The van der Waals surface area contributed by atoms with Gasteiger partial charge in [0, 0.05) is 17.7 Å². The van der Waals surface area contributed by atoms with Crippen LogP contribution < -0.4 is 0 Å². The number of aromatic hydroxyl groups is 1. The van der Waals surface area contributed by atoms with Crippen LogP contribution in [-0.2, 0) is 4.79 Å². The molecule has 1 fully saturated rings. The Labute approximate surface area is 119 Å². The van der Waals surface area contributed by atoms with Crippen molar-refractivity contribution >= 4 is 17.6 Å². The normalized spacial score (nSPS) is 15.3. The van der Waals surface area contributed by atoms with Crippen molar-refractivity contribution in [3.8, 4) is 5.75 Å². The number of nitro groups is 1. The first-order valence-corrected chi connectivity index (χ1v) is 6.35. The molecule has 0 aromatic heterocycles. The molecule has 0 bridgehead atoms. The average Bonchev–Trinajstić information content (AvgIpc) is 3.23. The maximum absolute atomic E-state index is 12.4. The monoisotopic (exact) mass is 294 g/mol. The molecular weight excluding hydrogens is 280 g/mol. The number of aliphatic carboxylic acids is 1. The van der Waals surface area contributed by atoms with E-state index in [1.165, 1.54) is 17.9 Å². The lowest BCUT2D eigenvalue weighted by Crippen LogP contribution is -2.44. The molecule has 0 aliphatic heterocycles. The molecule has 2 N–H and O–H groups in total. The van der Waals surface area contributed by atoms with Crippen LogP contribution in [0.5, 0.6) is 5.75 Å². The average molecular weight is 294 g/mol. The Morgan fingerprint density at radius 1 is 1.43 bits per heavy atom. The van der Waals surface area contributed by atoms with E-state index in [9.17, 15) is 24.8 Å². The van der Waals surface area contributed by atoms with Crippen LogP contribution in [0.1, 0.15) is 30.1 Å². The van der Waals surface area contributed by atoms with Gasteiger partial charge >= 0.3 is 11.7 Å². The lowest BCUT2D eigenvalue weighted by molar-refractivity contribution is -0.385. The van der Waals surface area contributed by atoms with Crippen molar-refractivity contribution in [2.75, 3.05) is 0 Å². The van der Waals surface area contributed by atoms with E-state index in [2.05, 4.69) is 0 Å². The van der Waals surface area contributed by atoms with Crippen LogP contribution in [0.15, 0.2) is 18.2 Å². The highest BCUT2D eigenvalue weighted by Gasteiger charge is 2.39. The highest BCUT2D eigenvalue weighted by molar-refractivity contribution is 5.97. The van der Waals surface area contributed by atoms with Gasteiger partial charge in [0.2, 0.25) is 0 Å². The molecule has 1 amide bonds. The zero-order chi connectivity index (χ0) is 15.7. The molecule has 1 atom stereocenters. The minimum Gasteiger partial charge on any atom is -0.502 e. The Hall–Kier alpha value is -2.64. The van der Waals surface area contributed by atoms with E-state index in [1.54, 1.807) is 0 Å². The molecule has 8 nitrogen and oxygen atoms in total. The largest absolute Gasteiger partial charge is 0.502 e. The number of phenolic OH excluding ortho intramolecular Hbond substituents is 1. The quantitative estimate of drug-likeness (QED) is 0.625. The van der Waals surface area contributed by atoms with Crippen LogP contribution in [0.3, 0.4) is 0 Å². The minimum absolute atomic E-state index is 0.0144. The number of phenols is 1. The number of carboxylic acids is 1. The third-order valence-corrected chi connectivity index (χ3v) is 3.37. The molecule has 2 rings (SSSR count). The zero-order valence-electron chi connectivity index (χ0n) is 11.2. The summed E-state index contributed by atoms with van der Waals surface area (Å²) in [6.45, 7) is 1.40. The van der Waals surface area contributed by atoms with Gasteiger partial charge in [-0.15, -0.1) is 0 Å². The summed E-state index contributed by atoms with van der Waals surface area (Å²) in [5, 5.41) is 29.2. The number of carbonyl (C=O) groups is 2. The smallest absolute Gasteiger partial charge is 0.326 e. The van der Waals surface area contributed by atoms with Gasteiger partial charge in [-0.2, -0.15) is 0 Å². The molecule has 0 heterocycles. The van der Waals surface area contributed by atoms with Gasteiger partial charge in [0.15, 0.2) is 5.75 Å². The summed E-state index contributed by atoms with van der Waals surface area (Å²) in [4.78, 5) is 34.7. The third kappa shape index (κ3) is 2.93. The molecule has 112 valence electrons. The Bertz CT molecular complexity index is 611. The second kappa shape index (κ2) is 5.39. The van der Waals surface area contributed by atoms with Gasteiger partial charge in [-0.1, -0.05) is 0 Å². The predicted octanol–water partition coefficient (Wildman–Crippen LogP) is 1.38. The second-order valence-corrected chi connectivity index (χ2v) is 4.92. The summed E-state index contributed by atoms with van der Waals surface area (Å²) in [5.74, 6) is -2.26. The van der Waals surface area contributed by atoms with E-state index in [0.29, 0.717) is 12.8 Å². The van der Waals surface area contributed by atoms with Gasteiger partial charge in [0.1, 0.15) is 6.04 Å². The Kier molecular flexibility index (Phi) is 3.79. The Morgan fingerprint density at radius 2 is 2.05 bits per heavy atom. The molecule has 8 heteroatoms. The van der Waals surface area contributed by atoms with E-state index in [1.807, 2.05) is 0 Å². The fourth-order valence-electron chi connectivity index (χ4n) is 2.08. The van der Waals surface area contributed by atoms with Crippen molar-refractivity contribution in [2.24, 2.45) is 0 Å². The number of hydrogen-bond acceptors (Lipinski definition) is 5.